The van der Waals surface area contributed by atoms with E-state index in [0.717, 1.165) is 0 Å². The summed E-state index contributed by atoms with van der Waals surface area (Å²) in [6.07, 6.45) is -0.0394. The Balaban J connectivity index is 2.14. The molecule has 108 valence electrons. The molecule has 0 aromatic heterocycles. The van der Waals surface area contributed by atoms with Gasteiger partial charge in [-0.25, -0.2) is 4.79 Å². The first kappa shape index (κ1) is 14.7. The Morgan fingerprint density at radius 3 is 2.24 bits per heavy atom. The van der Waals surface area contributed by atoms with E-state index >= 15 is 0 Å². The van der Waals surface area contributed by atoms with Gasteiger partial charge in [0.05, 0.1) is 18.6 Å². The number of benzene rings is 2. The van der Waals surface area contributed by atoms with Crippen LogP contribution in [0.3, 0.4) is 0 Å². The molecule has 0 unspecified atom stereocenters. The van der Waals surface area contributed by atoms with Crippen molar-refractivity contribution < 1.29 is 19.8 Å². The number of carboxylic acids is 1. The molecule has 0 saturated carbocycles. The molecule has 0 aliphatic heterocycles. The van der Waals surface area contributed by atoms with Crippen molar-refractivity contribution in [3.63, 3.8) is 0 Å². The summed E-state index contributed by atoms with van der Waals surface area (Å²) in [5, 5.41) is 21.0. The van der Waals surface area contributed by atoms with Crippen LogP contribution in [0.4, 0.5) is 5.69 Å². The standard InChI is InChI=1S/C16H15NO4/c18-10-12-6-2-4-8-14(12)17-15(19)9-11-5-1-3-7-13(11)16(20)21/h1-8,18H,9-10H2,(H,17,19)(H,20,21). The highest BCUT2D eigenvalue weighted by Gasteiger charge is 2.13. The van der Waals surface area contributed by atoms with Gasteiger partial charge in [-0.15, -0.1) is 0 Å². The van der Waals surface area contributed by atoms with Gasteiger partial charge in [0, 0.05) is 11.3 Å². The molecular weight excluding hydrogens is 270 g/mol. The molecule has 0 spiro atoms. The maximum absolute atomic E-state index is 12.0. The molecule has 0 atom stereocenters. The van der Waals surface area contributed by atoms with Crippen molar-refractivity contribution in [1.29, 1.82) is 0 Å². The van der Waals surface area contributed by atoms with Crippen LogP contribution in [0.2, 0.25) is 0 Å². The van der Waals surface area contributed by atoms with Crippen molar-refractivity contribution in [2.24, 2.45) is 0 Å². The number of carbonyl (C=O) groups excluding carboxylic acids is 1. The molecule has 3 N–H and O–H groups in total. The van der Waals surface area contributed by atoms with E-state index in [1.54, 1.807) is 42.5 Å². The molecule has 0 saturated heterocycles. The van der Waals surface area contributed by atoms with Crippen LogP contribution in [-0.4, -0.2) is 22.1 Å². The van der Waals surface area contributed by atoms with Crippen LogP contribution in [0, 0.1) is 0 Å². The van der Waals surface area contributed by atoms with Crippen molar-refractivity contribution in [2.75, 3.05) is 5.32 Å². The number of hydrogen-bond donors (Lipinski definition) is 3. The Morgan fingerprint density at radius 1 is 0.952 bits per heavy atom. The second-order valence-corrected chi connectivity index (χ2v) is 4.50. The summed E-state index contributed by atoms with van der Waals surface area (Å²) in [5.74, 6) is -1.39. The fourth-order valence-electron chi connectivity index (χ4n) is 2.03. The molecule has 2 aromatic carbocycles. The number of anilines is 1. The Morgan fingerprint density at radius 2 is 1.57 bits per heavy atom. The van der Waals surface area contributed by atoms with Gasteiger partial charge in [-0.2, -0.15) is 0 Å². The highest BCUT2D eigenvalue weighted by molar-refractivity contribution is 5.96. The molecule has 2 aromatic rings. The summed E-state index contributed by atoms with van der Waals surface area (Å²) < 4.78 is 0. The maximum atomic E-state index is 12.0. The molecular formula is C16H15NO4. The van der Waals surface area contributed by atoms with Crippen LogP contribution in [0.15, 0.2) is 48.5 Å². The number of carboxylic acid groups (broad SMARTS) is 1. The fraction of sp³-hybridized carbons (Fsp3) is 0.125. The van der Waals surface area contributed by atoms with Gasteiger partial charge in [0.2, 0.25) is 5.91 Å². The van der Waals surface area contributed by atoms with E-state index in [-0.39, 0.29) is 24.5 Å². The van der Waals surface area contributed by atoms with Gasteiger partial charge in [-0.05, 0) is 17.7 Å². The predicted octanol–water partition coefficient (Wildman–Crippen LogP) is 2.06. The Bertz CT molecular complexity index is 667. The number of aromatic carboxylic acids is 1. The van der Waals surface area contributed by atoms with Crippen LogP contribution in [0.25, 0.3) is 0 Å². The summed E-state index contributed by atoms with van der Waals surface area (Å²) in [5.41, 5.74) is 1.70. The smallest absolute Gasteiger partial charge is 0.335 e. The zero-order valence-corrected chi connectivity index (χ0v) is 11.2. The Labute approximate surface area is 121 Å². The highest BCUT2D eigenvalue weighted by Crippen LogP contribution is 2.16. The second-order valence-electron chi connectivity index (χ2n) is 4.50. The molecule has 1 amide bonds. The number of nitrogens with one attached hydrogen (secondary N) is 1. The van der Waals surface area contributed by atoms with Crippen molar-refractivity contribution in [2.45, 2.75) is 13.0 Å². The lowest BCUT2D eigenvalue weighted by molar-refractivity contribution is -0.115. The molecule has 5 heteroatoms. The summed E-state index contributed by atoms with van der Waals surface area (Å²) in [6.45, 7) is -0.178. The van der Waals surface area contributed by atoms with Crippen molar-refractivity contribution in [3.05, 3.63) is 65.2 Å². The minimum atomic E-state index is -1.06. The largest absolute Gasteiger partial charge is 0.478 e. The summed E-state index contributed by atoms with van der Waals surface area (Å²) in [7, 11) is 0. The van der Waals surface area contributed by atoms with Gasteiger partial charge in [0.25, 0.3) is 0 Å². The number of aliphatic hydroxyl groups is 1. The van der Waals surface area contributed by atoms with Gasteiger partial charge in [-0.1, -0.05) is 36.4 Å². The molecule has 0 heterocycles. The summed E-state index contributed by atoms with van der Waals surface area (Å²) >= 11 is 0. The van der Waals surface area contributed by atoms with E-state index in [2.05, 4.69) is 5.32 Å². The monoisotopic (exact) mass is 285 g/mol. The zero-order chi connectivity index (χ0) is 15.2. The van der Waals surface area contributed by atoms with Gasteiger partial charge < -0.3 is 15.5 Å². The summed E-state index contributed by atoms with van der Waals surface area (Å²) in [6, 6.07) is 13.3. The number of rotatable bonds is 5. The van der Waals surface area contributed by atoms with Crippen LogP contribution >= 0.6 is 0 Å². The maximum Gasteiger partial charge on any atom is 0.335 e. The lowest BCUT2D eigenvalue weighted by Crippen LogP contribution is -2.17. The van der Waals surface area contributed by atoms with Crippen molar-refractivity contribution in [3.8, 4) is 0 Å². The normalized spacial score (nSPS) is 10.1. The number of amides is 1. The topological polar surface area (TPSA) is 86.6 Å². The molecule has 5 nitrogen and oxygen atoms in total. The molecule has 0 aliphatic rings. The zero-order valence-electron chi connectivity index (χ0n) is 11.2. The third-order valence-electron chi connectivity index (χ3n) is 3.06. The highest BCUT2D eigenvalue weighted by atomic mass is 16.4. The van der Waals surface area contributed by atoms with Crippen molar-refractivity contribution >= 4 is 17.6 Å². The number of hydrogen-bond acceptors (Lipinski definition) is 3. The Hall–Kier alpha value is -2.66. The van der Waals surface area contributed by atoms with E-state index in [1.165, 1.54) is 6.07 Å². The average molecular weight is 285 g/mol. The van der Waals surface area contributed by atoms with Crippen LogP contribution in [0.5, 0.6) is 0 Å². The van der Waals surface area contributed by atoms with Crippen LogP contribution < -0.4 is 5.32 Å². The number of carbonyl (C=O) groups is 2. The SMILES string of the molecule is O=C(Cc1ccccc1C(=O)O)Nc1ccccc1CO. The van der Waals surface area contributed by atoms with Gasteiger partial charge in [0.1, 0.15) is 0 Å². The first-order chi connectivity index (χ1) is 10.1. The number of aliphatic hydroxyl groups excluding tert-OH is 1. The van der Waals surface area contributed by atoms with Crippen molar-refractivity contribution in [1.82, 2.24) is 0 Å². The average Bonchev–Trinajstić information content (AvgIpc) is 2.48. The molecule has 0 aliphatic carbocycles. The van der Waals surface area contributed by atoms with E-state index in [4.69, 9.17) is 5.11 Å². The van der Waals surface area contributed by atoms with E-state index in [1.807, 2.05) is 0 Å². The van der Waals surface area contributed by atoms with E-state index in [9.17, 15) is 14.7 Å². The van der Waals surface area contributed by atoms with Gasteiger partial charge >= 0.3 is 5.97 Å². The fourth-order valence-corrected chi connectivity index (χ4v) is 2.03. The molecule has 0 fully saturated rings. The predicted molar refractivity (Wildman–Crippen MR) is 78.1 cm³/mol. The quantitative estimate of drug-likeness (QED) is 0.784. The lowest BCUT2D eigenvalue weighted by Gasteiger charge is -2.10. The molecule has 0 radical (unpaired) electrons. The first-order valence-electron chi connectivity index (χ1n) is 6.41. The number of para-hydroxylation sites is 1. The second kappa shape index (κ2) is 6.67. The van der Waals surface area contributed by atoms with E-state index in [0.29, 0.717) is 16.8 Å². The van der Waals surface area contributed by atoms with Crippen LogP contribution in [0.1, 0.15) is 21.5 Å². The summed E-state index contributed by atoms with van der Waals surface area (Å²) in [4.78, 5) is 23.1. The minimum Gasteiger partial charge on any atom is -0.478 e. The third kappa shape index (κ3) is 3.67. The molecule has 0 bridgehead atoms. The van der Waals surface area contributed by atoms with Gasteiger partial charge in [0.15, 0.2) is 0 Å². The Kier molecular flexibility index (Phi) is 4.68. The molecule has 2 rings (SSSR count). The minimum absolute atomic E-state index is 0.0394. The van der Waals surface area contributed by atoms with Gasteiger partial charge in [-0.3, -0.25) is 4.79 Å². The van der Waals surface area contributed by atoms with Crippen LogP contribution in [-0.2, 0) is 17.8 Å². The lowest BCUT2D eigenvalue weighted by atomic mass is 10.0. The molecule has 21 heavy (non-hydrogen) atoms. The first-order valence-corrected chi connectivity index (χ1v) is 6.41. The third-order valence-corrected chi connectivity index (χ3v) is 3.06. The van der Waals surface area contributed by atoms with E-state index < -0.39 is 5.97 Å².